The van der Waals surface area contributed by atoms with E-state index in [0.717, 1.165) is 39.4 Å². The van der Waals surface area contributed by atoms with Crippen molar-refractivity contribution in [3.63, 3.8) is 0 Å². The first kappa shape index (κ1) is 40.4. The number of aromatic nitrogens is 2. The number of aryl methyl sites for hydroxylation is 1. The van der Waals surface area contributed by atoms with Crippen molar-refractivity contribution in [2.24, 2.45) is 0 Å². The van der Waals surface area contributed by atoms with Gasteiger partial charge in [-0.1, -0.05) is 85.2 Å². The summed E-state index contributed by atoms with van der Waals surface area (Å²) in [6, 6.07) is 38.6. The van der Waals surface area contributed by atoms with Gasteiger partial charge < -0.3 is 18.8 Å². The van der Waals surface area contributed by atoms with Crippen molar-refractivity contribution in [1.82, 2.24) is 10.2 Å². The molecule has 4 aliphatic rings. The Kier molecular flexibility index (Phi) is 9.43. The number of benzene rings is 6. The number of fused-ring (bicyclic) bond motifs is 5. The highest BCUT2D eigenvalue weighted by Gasteiger charge is 2.42. The van der Waals surface area contributed by atoms with Crippen molar-refractivity contribution in [2.45, 2.75) is 45.1 Å². The number of imide groups is 2. The Balaban J connectivity index is 0.745. The molecule has 6 aromatic carbocycles. The molecule has 0 saturated carbocycles. The van der Waals surface area contributed by atoms with Crippen LogP contribution < -0.4 is 24.2 Å². The van der Waals surface area contributed by atoms with E-state index in [1.165, 1.54) is 4.90 Å². The highest BCUT2D eigenvalue weighted by Crippen LogP contribution is 2.46. The van der Waals surface area contributed by atoms with Crippen molar-refractivity contribution in [1.29, 1.82) is 0 Å². The van der Waals surface area contributed by atoms with Crippen LogP contribution in [0.15, 0.2) is 156 Å². The van der Waals surface area contributed by atoms with Gasteiger partial charge in [0.1, 0.15) is 23.0 Å². The van der Waals surface area contributed by atoms with Gasteiger partial charge in [-0.15, -0.1) is 5.10 Å². The zero-order valence-corrected chi connectivity index (χ0v) is 36.4. The molecular weight excluding hydrogens is 831 g/mol. The fourth-order valence-corrected chi connectivity index (χ4v) is 9.34. The topological polar surface area (TPSA) is 135 Å². The summed E-state index contributed by atoms with van der Waals surface area (Å²) in [7, 11) is 0. The minimum atomic E-state index is -0.582. The number of amides is 4. The van der Waals surface area contributed by atoms with Crippen LogP contribution in [0.2, 0.25) is 0 Å². The van der Waals surface area contributed by atoms with Gasteiger partial charge in [0, 0.05) is 29.1 Å². The van der Waals surface area contributed by atoms with Crippen molar-refractivity contribution < 1.29 is 33.1 Å². The molecule has 2 atom stereocenters. The van der Waals surface area contributed by atoms with E-state index >= 15 is 0 Å². The molecule has 0 fully saturated rings. The lowest BCUT2D eigenvalue weighted by atomic mass is 9.78. The Labute approximate surface area is 380 Å². The van der Waals surface area contributed by atoms with Gasteiger partial charge in [0.05, 0.1) is 34.0 Å². The van der Waals surface area contributed by atoms with Crippen LogP contribution in [0.25, 0.3) is 11.5 Å². The molecule has 11 rings (SSSR count). The molecular formula is C54H41N5O7. The fourth-order valence-electron chi connectivity index (χ4n) is 9.34. The van der Waals surface area contributed by atoms with Crippen LogP contribution >= 0.6 is 0 Å². The lowest BCUT2D eigenvalue weighted by molar-refractivity contribution is 0.0906. The van der Waals surface area contributed by atoms with Crippen LogP contribution in [-0.4, -0.2) is 46.4 Å². The maximum absolute atomic E-state index is 13.9. The van der Waals surface area contributed by atoms with Gasteiger partial charge in [-0.25, -0.2) is 4.90 Å². The van der Waals surface area contributed by atoms with Gasteiger partial charge in [0.25, 0.3) is 23.6 Å². The number of ether oxygens (including phenoxy) is 2. The third-order valence-electron chi connectivity index (χ3n) is 13.0. The molecule has 7 aromatic rings. The van der Waals surface area contributed by atoms with Crippen LogP contribution in [0.3, 0.4) is 0 Å². The minimum Gasteiger partial charge on any atom is -0.457 e. The van der Waals surface area contributed by atoms with Gasteiger partial charge in [0.2, 0.25) is 5.89 Å². The first-order valence-corrected chi connectivity index (χ1v) is 21.8. The lowest BCUT2D eigenvalue weighted by Crippen LogP contribution is -2.32. The molecule has 0 bridgehead atoms. The quantitative estimate of drug-likeness (QED) is 0.122. The van der Waals surface area contributed by atoms with Crippen molar-refractivity contribution in [3.05, 3.63) is 196 Å². The highest BCUT2D eigenvalue weighted by molar-refractivity contribution is 6.35. The summed E-state index contributed by atoms with van der Waals surface area (Å²) in [5.41, 5.74) is 7.21. The van der Waals surface area contributed by atoms with Crippen LogP contribution in [0.5, 0.6) is 23.0 Å². The summed E-state index contributed by atoms with van der Waals surface area (Å²) in [4.78, 5) is 58.8. The van der Waals surface area contributed by atoms with E-state index in [1.807, 2.05) is 97.9 Å². The van der Waals surface area contributed by atoms with Crippen molar-refractivity contribution in [2.75, 3.05) is 21.2 Å². The Bertz CT molecular complexity index is 3220. The zero-order chi connectivity index (χ0) is 45.4. The maximum Gasteiger partial charge on any atom is 0.332 e. The van der Waals surface area contributed by atoms with Crippen LogP contribution in [-0.2, 0) is 5.41 Å². The number of likely N-dealkylation sites (N-methyl/N-ethyl adjacent to an activating group) is 1. The molecule has 1 aliphatic carbocycles. The molecule has 12 heteroatoms. The number of hydrogen-bond donors (Lipinski definition) is 0. The highest BCUT2D eigenvalue weighted by atomic mass is 16.5. The van der Waals surface area contributed by atoms with Gasteiger partial charge in [-0.3, -0.25) is 19.2 Å². The van der Waals surface area contributed by atoms with Gasteiger partial charge >= 0.3 is 6.01 Å². The smallest absolute Gasteiger partial charge is 0.332 e. The summed E-state index contributed by atoms with van der Waals surface area (Å²) >= 11 is 0. The van der Waals surface area contributed by atoms with E-state index in [0.29, 0.717) is 45.4 Å². The van der Waals surface area contributed by atoms with E-state index in [1.54, 1.807) is 36.4 Å². The van der Waals surface area contributed by atoms with E-state index in [-0.39, 0.29) is 46.8 Å². The molecule has 0 N–H and O–H groups in total. The van der Waals surface area contributed by atoms with Gasteiger partial charge in [0.15, 0.2) is 0 Å². The molecule has 324 valence electrons. The number of carbonyl (C=O) groups excluding carboxylic acids is 4. The number of allylic oxidation sites excluding steroid dienone is 2. The molecule has 0 spiro atoms. The van der Waals surface area contributed by atoms with E-state index in [4.69, 9.17) is 13.9 Å². The van der Waals surface area contributed by atoms with Crippen LogP contribution in [0.1, 0.15) is 90.4 Å². The molecule has 0 radical (unpaired) electrons. The first-order chi connectivity index (χ1) is 32.0. The van der Waals surface area contributed by atoms with Crippen molar-refractivity contribution >= 4 is 41.0 Å². The Morgan fingerprint density at radius 1 is 0.591 bits per heavy atom. The van der Waals surface area contributed by atoms with Gasteiger partial charge in [-0.2, -0.15) is 4.90 Å². The largest absolute Gasteiger partial charge is 0.457 e. The summed E-state index contributed by atoms with van der Waals surface area (Å²) < 4.78 is 18.1. The average molecular weight is 872 g/mol. The molecule has 4 amide bonds. The summed E-state index contributed by atoms with van der Waals surface area (Å²) in [6.45, 7) is 9.20. The first-order valence-electron chi connectivity index (χ1n) is 21.8. The van der Waals surface area contributed by atoms with Crippen LogP contribution in [0, 0.1) is 6.92 Å². The monoisotopic (exact) mass is 871 g/mol. The summed E-state index contributed by atoms with van der Waals surface area (Å²) in [5, 5.41) is 8.04. The van der Waals surface area contributed by atoms with Gasteiger partial charge in [-0.05, 0) is 122 Å². The van der Waals surface area contributed by atoms with E-state index in [2.05, 4.69) is 60.2 Å². The molecule has 0 saturated heterocycles. The number of rotatable bonds is 10. The third kappa shape index (κ3) is 6.60. The Hall–Kier alpha value is -8.38. The lowest BCUT2D eigenvalue weighted by Gasteiger charge is -2.27. The molecule has 4 heterocycles. The molecule has 12 nitrogen and oxygen atoms in total. The molecule has 66 heavy (non-hydrogen) atoms. The molecule has 3 aliphatic heterocycles. The normalized spacial score (nSPS) is 17.1. The summed E-state index contributed by atoms with van der Waals surface area (Å²) in [6.07, 6.45) is 8.50. The second kappa shape index (κ2) is 15.4. The Morgan fingerprint density at radius 2 is 1.14 bits per heavy atom. The Morgan fingerprint density at radius 3 is 1.74 bits per heavy atom. The van der Waals surface area contributed by atoms with E-state index < -0.39 is 17.2 Å². The fraction of sp³-hybridized carbons (Fsp3) is 0.148. The third-order valence-corrected chi connectivity index (χ3v) is 13.0. The second-order valence-corrected chi connectivity index (χ2v) is 17.3. The minimum absolute atomic E-state index is 0.156. The predicted octanol–water partition coefficient (Wildman–Crippen LogP) is 11.0. The standard InChI is InChI=1S/C54H41N5O7/c1-5-57-46-9-7-6-8-40(46)43-28-35(18-27-47(43)57)58-49(60)41-25-23-38(29-44(41)51(58)62)64-36-19-14-33(15-20-36)54(3,4)34-16-21-37(22-17-34)65-39-24-26-42-45(30-39)52(63)59(50(42)61)53-56-55-48(66-53)32-12-10-31(2)11-13-32/h6-30,40,46H,5H2,1-4H3. The number of hydrogen-bond acceptors (Lipinski definition) is 10. The average Bonchev–Trinajstić information content (AvgIpc) is 4.06. The predicted molar refractivity (Wildman–Crippen MR) is 249 cm³/mol. The molecule has 2 unspecified atom stereocenters. The van der Waals surface area contributed by atoms with Crippen LogP contribution in [0.4, 0.5) is 17.4 Å². The summed E-state index contributed by atoms with van der Waals surface area (Å²) in [5.74, 6) is 0.449. The SMILES string of the molecule is CCN1c2ccc(N3C(=O)c4ccc(Oc5ccc(C(C)(C)c6ccc(Oc7ccc8c(c7)C(=O)N(c7nnc(-c9ccc(C)cc9)o7)C8=O)cc6)cc5)cc4C3=O)cc2C2C=CC=CC21. The zero-order valence-electron chi connectivity index (χ0n) is 36.4. The maximum atomic E-state index is 13.9. The number of anilines is 3. The molecule has 1 aromatic heterocycles. The van der Waals surface area contributed by atoms with Crippen molar-refractivity contribution in [3.8, 4) is 34.5 Å². The number of nitrogens with zero attached hydrogens (tertiary/aromatic N) is 5. The van der Waals surface area contributed by atoms with E-state index in [9.17, 15) is 19.2 Å². The number of carbonyl (C=O) groups is 4. The second-order valence-electron chi connectivity index (χ2n) is 17.3.